The summed E-state index contributed by atoms with van der Waals surface area (Å²) in [6.45, 7) is 4.75. The molecule has 100 valence electrons. The molecule has 0 aromatic heterocycles. The van der Waals surface area contributed by atoms with Crippen molar-refractivity contribution in [2.24, 2.45) is 5.84 Å². The molecule has 0 spiro atoms. The Hall–Kier alpha value is -0.610. The largest absolute Gasteiger partial charge is 0.300 e. The highest BCUT2D eigenvalue weighted by atomic mass is 16.2. The van der Waals surface area contributed by atoms with Gasteiger partial charge in [-0.3, -0.25) is 10.2 Å². The quantitative estimate of drug-likeness (QED) is 0.309. The summed E-state index contributed by atoms with van der Waals surface area (Å²) >= 11 is 0. The number of amides is 1. The molecule has 4 heteroatoms. The molecule has 4 nitrogen and oxygen atoms in total. The first kappa shape index (κ1) is 14.5. The Morgan fingerprint density at radius 2 is 2.18 bits per heavy atom. The van der Waals surface area contributed by atoms with Crippen LogP contribution in [0.2, 0.25) is 0 Å². The second kappa shape index (κ2) is 8.48. The molecular weight excluding hydrogens is 214 g/mol. The summed E-state index contributed by atoms with van der Waals surface area (Å²) in [6, 6.07) is 0.802. The molecule has 1 aliphatic heterocycles. The first-order valence-corrected chi connectivity index (χ1v) is 7.01. The molecule has 0 radical (unpaired) electrons. The van der Waals surface area contributed by atoms with Gasteiger partial charge in [0.2, 0.25) is 5.91 Å². The van der Waals surface area contributed by atoms with Crippen LogP contribution in [0.1, 0.15) is 58.3 Å². The van der Waals surface area contributed by atoms with Crippen molar-refractivity contribution < 1.29 is 4.79 Å². The van der Waals surface area contributed by atoms with Crippen molar-refractivity contribution in [3.63, 3.8) is 0 Å². The number of nitrogens with two attached hydrogens (primary N) is 1. The van der Waals surface area contributed by atoms with Crippen LogP contribution >= 0.6 is 0 Å². The molecule has 1 amide bonds. The number of hydrazine groups is 1. The van der Waals surface area contributed by atoms with Crippen molar-refractivity contribution in [2.75, 3.05) is 13.1 Å². The van der Waals surface area contributed by atoms with E-state index < -0.39 is 0 Å². The predicted molar refractivity (Wildman–Crippen MR) is 70.3 cm³/mol. The van der Waals surface area contributed by atoms with Gasteiger partial charge in [0.05, 0.1) is 0 Å². The second-order valence-corrected chi connectivity index (χ2v) is 4.97. The molecule has 1 fully saturated rings. The molecule has 0 saturated carbocycles. The Bertz CT molecular complexity index is 221. The fourth-order valence-corrected chi connectivity index (χ4v) is 2.67. The standard InChI is InChI=1S/C13H27N3O/c1-2-12-8-5-7-11-16(12)10-6-3-4-9-13(17)15-14/h12H,2-11,14H2,1H3,(H,15,17). The van der Waals surface area contributed by atoms with Gasteiger partial charge in [0.1, 0.15) is 0 Å². The highest BCUT2D eigenvalue weighted by molar-refractivity contribution is 5.74. The van der Waals surface area contributed by atoms with Gasteiger partial charge in [-0.1, -0.05) is 19.8 Å². The van der Waals surface area contributed by atoms with E-state index in [0.717, 1.165) is 18.9 Å². The number of carbonyl (C=O) groups is 1. The van der Waals surface area contributed by atoms with Crippen molar-refractivity contribution >= 4 is 5.91 Å². The topological polar surface area (TPSA) is 58.4 Å². The Balaban J connectivity index is 2.06. The number of nitrogens with zero attached hydrogens (tertiary/aromatic N) is 1. The number of piperidine rings is 1. The summed E-state index contributed by atoms with van der Waals surface area (Å²) in [5.41, 5.74) is 2.17. The third-order valence-electron chi connectivity index (χ3n) is 3.73. The monoisotopic (exact) mass is 241 g/mol. The number of hydrogen-bond acceptors (Lipinski definition) is 3. The maximum atomic E-state index is 10.9. The predicted octanol–water partition coefficient (Wildman–Crippen LogP) is 1.80. The molecule has 1 rings (SSSR count). The SMILES string of the molecule is CCC1CCCCN1CCCCCC(=O)NN. The molecule has 0 aromatic rings. The molecule has 0 bridgehead atoms. The first-order chi connectivity index (χ1) is 8.27. The maximum absolute atomic E-state index is 10.9. The minimum absolute atomic E-state index is 0.0468. The van der Waals surface area contributed by atoms with Crippen molar-refractivity contribution in [1.82, 2.24) is 10.3 Å². The zero-order valence-electron chi connectivity index (χ0n) is 11.1. The summed E-state index contributed by atoms with van der Waals surface area (Å²) in [7, 11) is 0. The van der Waals surface area contributed by atoms with E-state index in [9.17, 15) is 4.79 Å². The highest BCUT2D eigenvalue weighted by Crippen LogP contribution is 2.19. The van der Waals surface area contributed by atoms with E-state index in [0.29, 0.717) is 6.42 Å². The van der Waals surface area contributed by atoms with Crippen LogP contribution in [-0.4, -0.2) is 29.9 Å². The number of rotatable bonds is 7. The van der Waals surface area contributed by atoms with Gasteiger partial charge in [-0.2, -0.15) is 0 Å². The van der Waals surface area contributed by atoms with E-state index in [2.05, 4.69) is 17.2 Å². The third kappa shape index (κ3) is 5.50. The average molecular weight is 241 g/mol. The zero-order valence-corrected chi connectivity index (χ0v) is 11.1. The van der Waals surface area contributed by atoms with E-state index in [1.807, 2.05) is 0 Å². The molecule has 1 saturated heterocycles. The number of carbonyl (C=O) groups excluding carboxylic acids is 1. The van der Waals surface area contributed by atoms with Gasteiger partial charge in [0, 0.05) is 12.5 Å². The lowest BCUT2D eigenvalue weighted by atomic mass is 9.99. The Kier molecular flexibility index (Phi) is 7.21. The molecule has 17 heavy (non-hydrogen) atoms. The summed E-state index contributed by atoms with van der Waals surface area (Å²) < 4.78 is 0. The van der Waals surface area contributed by atoms with Crippen LogP contribution in [0, 0.1) is 0 Å². The fourth-order valence-electron chi connectivity index (χ4n) is 2.67. The van der Waals surface area contributed by atoms with Crippen LogP contribution in [0.4, 0.5) is 0 Å². The molecular formula is C13H27N3O. The van der Waals surface area contributed by atoms with E-state index in [4.69, 9.17) is 5.84 Å². The number of hydrogen-bond donors (Lipinski definition) is 2. The van der Waals surface area contributed by atoms with Crippen molar-refractivity contribution in [3.8, 4) is 0 Å². The van der Waals surface area contributed by atoms with Crippen molar-refractivity contribution in [1.29, 1.82) is 0 Å². The lowest BCUT2D eigenvalue weighted by molar-refractivity contribution is -0.121. The maximum Gasteiger partial charge on any atom is 0.233 e. The zero-order chi connectivity index (χ0) is 12.5. The lowest BCUT2D eigenvalue weighted by Crippen LogP contribution is -2.39. The number of likely N-dealkylation sites (tertiary alicyclic amines) is 1. The summed E-state index contributed by atoms with van der Waals surface area (Å²) in [5.74, 6) is 4.99. The second-order valence-electron chi connectivity index (χ2n) is 4.97. The molecule has 1 unspecified atom stereocenters. The first-order valence-electron chi connectivity index (χ1n) is 7.01. The van der Waals surface area contributed by atoms with Crippen LogP contribution < -0.4 is 11.3 Å². The van der Waals surface area contributed by atoms with Crippen LogP contribution in [0.15, 0.2) is 0 Å². The van der Waals surface area contributed by atoms with Gasteiger partial charge >= 0.3 is 0 Å². The van der Waals surface area contributed by atoms with Gasteiger partial charge in [-0.05, 0) is 45.2 Å². The van der Waals surface area contributed by atoms with E-state index in [1.54, 1.807) is 0 Å². The molecule has 1 heterocycles. The van der Waals surface area contributed by atoms with E-state index in [-0.39, 0.29) is 5.91 Å². The van der Waals surface area contributed by atoms with Gasteiger partial charge < -0.3 is 4.90 Å². The van der Waals surface area contributed by atoms with Crippen LogP contribution in [0.5, 0.6) is 0 Å². The summed E-state index contributed by atoms with van der Waals surface area (Å²) in [6.07, 6.45) is 9.23. The third-order valence-corrected chi connectivity index (χ3v) is 3.73. The molecule has 3 N–H and O–H groups in total. The molecule has 1 aliphatic rings. The van der Waals surface area contributed by atoms with Crippen molar-refractivity contribution in [3.05, 3.63) is 0 Å². The normalized spacial score (nSPS) is 21.4. The molecule has 0 aromatic carbocycles. The van der Waals surface area contributed by atoms with Gasteiger partial charge in [0.25, 0.3) is 0 Å². The minimum Gasteiger partial charge on any atom is -0.300 e. The minimum atomic E-state index is -0.0468. The van der Waals surface area contributed by atoms with E-state index in [1.165, 1.54) is 45.2 Å². The highest BCUT2D eigenvalue weighted by Gasteiger charge is 2.19. The number of unbranched alkanes of at least 4 members (excludes halogenated alkanes) is 2. The fraction of sp³-hybridized carbons (Fsp3) is 0.923. The smallest absolute Gasteiger partial charge is 0.233 e. The van der Waals surface area contributed by atoms with Gasteiger partial charge in [-0.15, -0.1) is 0 Å². The lowest BCUT2D eigenvalue weighted by Gasteiger charge is -2.35. The number of nitrogens with one attached hydrogen (secondary N) is 1. The van der Waals surface area contributed by atoms with Gasteiger partial charge in [0.15, 0.2) is 0 Å². The Labute approximate surface area is 105 Å². The molecule has 0 aliphatic carbocycles. The van der Waals surface area contributed by atoms with Crippen LogP contribution in [0.25, 0.3) is 0 Å². The Morgan fingerprint density at radius 3 is 2.88 bits per heavy atom. The molecule has 1 atom stereocenters. The Morgan fingerprint density at radius 1 is 1.35 bits per heavy atom. The summed E-state index contributed by atoms with van der Waals surface area (Å²) in [5, 5.41) is 0. The summed E-state index contributed by atoms with van der Waals surface area (Å²) in [4.78, 5) is 13.6. The van der Waals surface area contributed by atoms with Crippen LogP contribution in [-0.2, 0) is 4.79 Å². The van der Waals surface area contributed by atoms with Gasteiger partial charge in [-0.25, -0.2) is 5.84 Å². The van der Waals surface area contributed by atoms with E-state index >= 15 is 0 Å². The average Bonchev–Trinajstić information content (AvgIpc) is 2.38. The van der Waals surface area contributed by atoms with Crippen molar-refractivity contribution in [2.45, 2.75) is 64.3 Å². The van der Waals surface area contributed by atoms with Crippen LogP contribution in [0.3, 0.4) is 0 Å².